The number of rotatable bonds is 6. The van der Waals surface area contributed by atoms with Gasteiger partial charge in [-0.3, -0.25) is 4.79 Å². The molecule has 136 valence electrons. The molecule has 0 fully saturated rings. The molecular weight excluding hydrogens is 337 g/mol. The molecule has 0 saturated carbocycles. The van der Waals surface area contributed by atoms with Crippen LogP contribution in [-0.4, -0.2) is 10.4 Å². The Kier molecular flexibility index (Phi) is 4.76. The summed E-state index contributed by atoms with van der Waals surface area (Å²) in [7, 11) is 0. The maximum atomic E-state index is 14.7. The lowest BCUT2D eigenvalue weighted by Crippen LogP contribution is -2.02. The molecule has 0 radical (unpaired) electrons. The topological polar surface area (TPSA) is 22.0 Å². The quantitative estimate of drug-likeness (QED) is 0.290. The molecule has 3 aromatic carbocycles. The predicted molar refractivity (Wildman–Crippen MR) is 109 cm³/mol. The standard InChI is InChI=1S/C24H22FNO/c1-2-3-6-15-26-16-20(23-21(25)13-8-14-22(23)26)24(27)19-12-7-10-17-9-4-5-11-18(17)19/h4-5,7-14,16H,2-3,6,15H2,1H3. The lowest BCUT2D eigenvalue weighted by Gasteiger charge is -2.05. The summed E-state index contributed by atoms with van der Waals surface area (Å²) in [5.41, 5.74) is 1.84. The van der Waals surface area contributed by atoms with Gasteiger partial charge < -0.3 is 4.57 Å². The molecule has 4 aromatic rings. The van der Waals surface area contributed by atoms with Crippen LogP contribution < -0.4 is 0 Å². The molecule has 0 spiro atoms. The summed E-state index contributed by atoms with van der Waals surface area (Å²) in [5, 5.41) is 2.33. The van der Waals surface area contributed by atoms with Crippen LogP contribution in [0.4, 0.5) is 4.39 Å². The number of carbonyl (C=O) groups is 1. The average molecular weight is 359 g/mol. The summed E-state index contributed by atoms with van der Waals surface area (Å²) in [6.45, 7) is 2.94. The summed E-state index contributed by atoms with van der Waals surface area (Å²) in [4.78, 5) is 13.4. The number of carbonyl (C=O) groups excluding carboxylic acids is 1. The average Bonchev–Trinajstić information content (AvgIpc) is 3.07. The van der Waals surface area contributed by atoms with Gasteiger partial charge in [0.05, 0.1) is 11.1 Å². The fourth-order valence-electron chi connectivity index (χ4n) is 3.77. The van der Waals surface area contributed by atoms with Gasteiger partial charge in [-0.15, -0.1) is 0 Å². The molecular formula is C24H22FNO. The van der Waals surface area contributed by atoms with Crippen molar-refractivity contribution < 1.29 is 9.18 Å². The molecule has 2 nitrogen and oxygen atoms in total. The van der Waals surface area contributed by atoms with Gasteiger partial charge >= 0.3 is 0 Å². The summed E-state index contributed by atoms with van der Waals surface area (Å²) >= 11 is 0. The van der Waals surface area contributed by atoms with E-state index in [9.17, 15) is 9.18 Å². The van der Waals surface area contributed by atoms with Crippen LogP contribution in [0, 0.1) is 5.82 Å². The molecule has 27 heavy (non-hydrogen) atoms. The smallest absolute Gasteiger partial charge is 0.195 e. The molecule has 1 aromatic heterocycles. The first-order valence-electron chi connectivity index (χ1n) is 9.50. The fourth-order valence-corrected chi connectivity index (χ4v) is 3.77. The second-order valence-corrected chi connectivity index (χ2v) is 6.93. The van der Waals surface area contributed by atoms with E-state index in [1.165, 1.54) is 6.07 Å². The zero-order valence-corrected chi connectivity index (χ0v) is 15.4. The van der Waals surface area contributed by atoms with E-state index in [1.807, 2.05) is 59.3 Å². The fraction of sp³-hybridized carbons (Fsp3) is 0.208. The first-order valence-corrected chi connectivity index (χ1v) is 9.50. The number of unbranched alkanes of at least 4 members (excludes halogenated alkanes) is 2. The monoisotopic (exact) mass is 359 g/mol. The van der Waals surface area contributed by atoms with Crippen LogP contribution in [0.15, 0.2) is 66.9 Å². The van der Waals surface area contributed by atoms with Crippen LogP contribution in [0.5, 0.6) is 0 Å². The lowest BCUT2D eigenvalue weighted by atomic mass is 9.97. The van der Waals surface area contributed by atoms with E-state index in [0.717, 1.165) is 42.1 Å². The first kappa shape index (κ1) is 17.5. The van der Waals surface area contributed by atoms with E-state index in [4.69, 9.17) is 0 Å². The summed E-state index contributed by atoms with van der Waals surface area (Å²) in [6, 6.07) is 18.5. The van der Waals surface area contributed by atoms with Gasteiger partial charge in [-0.1, -0.05) is 68.3 Å². The zero-order chi connectivity index (χ0) is 18.8. The minimum atomic E-state index is -0.342. The molecule has 1 heterocycles. The molecule has 3 heteroatoms. The van der Waals surface area contributed by atoms with E-state index in [-0.39, 0.29) is 11.6 Å². The van der Waals surface area contributed by atoms with Crippen molar-refractivity contribution in [3.63, 3.8) is 0 Å². The molecule has 0 bridgehead atoms. The van der Waals surface area contributed by atoms with Gasteiger partial charge in [0.25, 0.3) is 0 Å². The Balaban J connectivity index is 1.86. The van der Waals surface area contributed by atoms with Crippen molar-refractivity contribution in [1.82, 2.24) is 4.57 Å². The van der Waals surface area contributed by atoms with Crippen molar-refractivity contribution in [3.05, 3.63) is 83.8 Å². The Morgan fingerprint density at radius 3 is 2.56 bits per heavy atom. The van der Waals surface area contributed by atoms with Gasteiger partial charge in [-0.25, -0.2) is 4.39 Å². The largest absolute Gasteiger partial charge is 0.347 e. The third-order valence-corrected chi connectivity index (χ3v) is 5.14. The van der Waals surface area contributed by atoms with Gasteiger partial charge in [0.2, 0.25) is 0 Å². The third kappa shape index (κ3) is 3.14. The highest BCUT2D eigenvalue weighted by atomic mass is 19.1. The number of ketones is 1. The van der Waals surface area contributed by atoms with E-state index in [1.54, 1.807) is 6.07 Å². The Labute approximate surface area is 158 Å². The molecule has 0 aliphatic rings. The van der Waals surface area contributed by atoms with Gasteiger partial charge in [-0.05, 0) is 29.3 Å². The number of fused-ring (bicyclic) bond motifs is 2. The highest BCUT2D eigenvalue weighted by Crippen LogP contribution is 2.29. The van der Waals surface area contributed by atoms with Crippen LogP contribution in [0.2, 0.25) is 0 Å². The van der Waals surface area contributed by atoms with Crippen molar-refractivity contribution in [1.29, 1.82) is 0 Å². The maximum Gasteiger partial charge on any atom is 0.195 e. The summed E-state index contributed by atoms with van der Waals surface area (Å²) in [6.07, 6.45) is 5.07. The highest BCUT2D eigenvalue weighted by Gasteiger charge is 2.20. The molecule has 0 aliphatic carbocycles. The molecule has 0 unspecified atom stereocenters. The molecule has 0 aliphatic heterocycles. The van der Waals surface area contributed by atoms with Crippen LogP contribution in [0.3, 0.4) is 0 Å². The number of halogens is 1. The number of aryl methyl sites for hydroxylation is 1. The summed E-state index contributed by atoms with van der Waals surface area (Å²) in [5.74, 6) is -0.471. The normalized spacial score (nSPS) is 11.3. The van der Waals surface area contributed by atoms with Gasteiger partial charge in [0.1, 0.15) is 5.82 Å². The van der Waals surface area contributed by atoms with Gasteiger partial charge in [0.15, 0.2) is 5.78 Å². The van der Waals surface area contributed by atoms with Gasteiger partial charge in [-0.2, -0.15) is 0 Å². The van der Waals surface area contributed by atoms with E-state index in [2.05, 4.69) is 6.92 Å². The molecule has 0 atom stereocenters. The maximum absolute atomic E-state index is 14.7. The number of benzene rings is 3. The van der Waals surface area contributed by atoms with E-state index < -0.39 is 0 Å². The summed E-state index contributed by atoms with van der Waals surface area (Å²) < 4.78 is 16.7. The Morgan fingerprint density at radius 1 is 0.926 bits per heavy atom. The van der Waals surface area contributed by atoms with Crippen LogP contribution in [-0.2, 0) is 6.54 Å². The van der Waals surface area contributed by atoms with Crippen molar-refractivity contribution >= 4 is 27.5 Å². The Bertz CT molecular complexity index is 1120. The SMILES string of the molecule is CCCCCn1cc(C(=O)c2cccc3ccccc23)c2c(F)cccc21. The zero-order valence-electron chi connectivity index (χ0n) is 15.4. The number of aromatic nitrogens is 1. The number of hydrogen-bond acceptors (Lipinski definition) is 1. The van der Waals surface area contributed by atoms with E-state index >= 15 is 0 Å². The van der Waals surface area contributed by atoms with Gasteiger partial charge in [0, 0.05) is 23.7 Å². The van der Waals surface area contributed by atoms with E-state index in [0.29, 0.717) is 16.5 Å². The second kappa shape index (κ2) is 7.36. The lowest BCUT2D eigenvalue weighted by molar-refractivity contribution is 0.104. The Hall–Kier alpha value is -2.94. The molecule has 4 rings (SSSR count). The van der Waals surface area contributed by atoms with Crippen molar-refractivity contribution in [2.24, 2.45) is 0 Å². The highest BCUT2D eigenvalue weighted by molar-refractivity contribution is 6.21. The van der Waals surface area contributed by atoms with Crippen molar-refractivity contribution in [2.75, 3.05) is 0 Å². The van der Waals surface area contributed by atoms with Crippen molar-refractivity contribution in [3.8, 4) is 0 Å². The molecule has 0 saturated heterocycles. The Morgan fingerprint density at radius 2 is 1.70 bits per heavy atom. The first-order chi connectivity index (χ1) is 13.2. The van der Waals surface area contributed by atoms with Crippen LogP contribution in [0.1, 0.15) is 42.1 Å². The van der Waals surface area contributed by atoms with Crippen molar-refractivity contribution in [2.45, 2.75) is 32.7 Å². The third-order valence-electron chi connectivity index (χ3n) is 5.14. The molecule has 0 N–H and O–H groups in total. The number of hydrogen-bond donors (Lipinski definition) is 0. The van der Waals surface area contributed by atoms with Crippen LogP contribution in [0.25, 0.3) is 21.7 Å². The van der Waals surface area contributed by atoms with Crippen LogP contribution >= 0.6 is 0 Å². The minimum Gasteiger partial charge on any atom is -0.347 e. The second-order valence-electron chi connectivity index (χ2n) is 6.93. The molecule has 0 amide bonds. The minimum absolute atomic E-state index is 0.129. The predicted octanol–water partition coefficient (Wildman–Crippen LogP) is 6.35. The number of nitrogens with zero attached hydrogens (tertiary/aromatic N) is 1.